The van der Waals surface area contributed by atoms with E-state index in [1.165, 1.54) is 11.2 Å². The number of aliphatic carboxylic acids is 1. The van der Waals surface area contributed by atoms with E-state index in [4.69, 9.17) is 0 Å². The summed E-state index contributed by atoms with van der Waals surface area (Å²) in [5, 5.41) is 14.6. The molecule has 9 nitrogen and oxygen atoms in total. The van der Waals surface area contributed by atoms with E-state index < -0.39 is 18.0 Å². The van der Waals surface area contributed by atoms with Crippen molar-refractivity contribution in [1.29, 1.82) is 0 Å². The van der Waals surface area contributed by atoms with Crippen molar-refractivity contribution in [3.8, 4) is 0 Å². The number of urea groups is 1. The molecule has 2 unspecified atom stereocenters. The van der Waals surface area contributed by atoms with Gasteiger partial charge in [-0.2, -0.15) is 0 Å². The number of rotatable bonds is 2. The van der Waals surface area contributed by atoms with E-state index in [1.54, 1.807) is 0 Å². The normalized spacial score (nSPS) is 24.4. The van der Waals surface area contributed by atoms with Crippen molar-refractivity contribution in [2.75, 3.05) is 6.54 Å². The lowest BCUT2D eigenvalue weighted by Gasteiger charge is -2.33. The van der Waals surface area contributed by atoms with Gasteiger partial charge < -0.3 is 25.6 Å². The van der Waals surface area contributed by atoms with Crippen LogP contribution in [0.2, 0.25) is 0 Å². The predicted octanol–water partition coefficient (Wildman–Crippen LogP) is -1.18. The van der Waals surface area contributed by atoms with E-state index in [2.05, 4.69) is 20.6 Å². The third-order valence-electron chi connectivity index (χ3n) is 3.75. The van der Waals surface area contributed by atoms with E-state index in [0.29, 0.717) is 12.2 Å². The molecule has 21 heavy (non-hydrogen) atoms. The maximum atomic E-state index is 12.3. The van der Waals surface area contributed by atoms with Crippen molar-refractivity contribution >= 4 is 17.9 Å². The number of nitrogens with one attached hydrogen (secondary N) is 3. The average molecular weight is 293 g/mol. The summed E-state index contributed by atoms with van der Waals surface area (Å²) in [4.78, 5) is 43.0. The lowest BCUT2D eigenvalue weighted by atomic mass is 10.0. The van der Waals surface area contributed by atoms with E-state index in [1.807, 2.05) is 0 Å². The Morgan fingerprint density at radius 1 is 1.43 bits per heavy atom. The minimum atomic E-state index is -1.07. The van der Waals surface area contributed by atoms with Crippen LogP contribution in [0.1, 0.15) is 17.8 Å². The van der Waals surface area contributed by atoms with Gasteiger partial charge in [0.05, 0.1) is 30.3 Å². The van der Waals surface area contributed by atoms with Crippen LogP contribution in [0.15, 0.2) is 6.33 Å². The topological polar surface area (TPSA) is 127 Å². The highest BCUT2D eigenvalue weighted by molar-refractivity contribution is 5.85. The number of fused-ring (bicyclic) bond motifs is 1. The molecule has 112 valence electrons. The third-order valence-corrected chi connectivity index (χ3v) is 3.75. The second-order valence-corrected chi connectivity index (χ2v) is 5.17. The van der Waals surface area contributed by atoms with Gasteiger partial charge in [0.1, 0.15) is 6.04 Å². The van der Waals surface area contributed by atoms with E-state index >= 15 is 0 Å². The zero-order valence-electron chi connectivity index (χ0n) is 11.1. The van der Waals surface area contributed by atoms with Gasteiger partial charge in [0.2, 0.25) is 5.91 Å². The fourth-order valence-electron chi connectivity index (χ4n) is 2.63. The fraction of sp³-hybridized carbons (Fsp3) is 0.500. The van der Waals surface area contributed by atoms with Crippen molar-refractivity contribution in [2.24, 2.45) is 0 Å². The second-order valence-electron chi connectivity index (χ2n) is 5.17. The predicted molar refractivity (Wildman–Crippen MR) is 69.2 cm³/mol. The molecule has 4 N–H and O–H groups in total. The third kappa shape index (κ3) is 2.54. The van der Waals surface area contributed by atoms with Crippen LogP contribution in [-0.4, -0.2) is 56.5 Å². The molecule has 0 aromatic carbocycles. The summed E-state index contributed by atoms with van der Waals surface area (Å²) in [6.07, 6.45) is 1.88. The largest absolute Gasteiger partial charge is 0.480 e. The minimum Gasteiger partial charge on any atom is -0.480 e. The number of carbonyl (C=O) groups excluding carboxylic acids is 2. The second kappa shape index (κ2) is 5.08. The van der Waals surface area contributed by atoms with Crippen molar-refractivity contribution in [3.05, 3.63) is 17.7 Å². The van der Waals surface area contributed by atoms with Crippen LogP contribution in [0.4, 0.5) is 4.79 Å². The fourth-order valence-corrected chi connectivity index (χ4v) is 2.63. The van der Waals surface area contributed by atoms with Gasteiger partial charge >= 0.3 is 12.0 Å². The molecule has 3 heterocycles. The Morgan fingerprint density at radius 3 is 2.90 bits per heavy atom. The van der Waals surface area contributed by atoms with Crippen LogP contribution in [0.3, 0.4) is 0 Å². The maximum absolute atomic E-state index is 12.3. The molecular weight excluding hydrogens is 278 g/mol. The number of H-pyrrole nitrogens is 1. The first-order valence-corrected chi connectivity index (χ1v) is 6.62. The smallest absolute Gasteiger partial charge is 0.326 e. The standard InChI is InChI=1S/C12H15N5O4/c18-10-1-6(3-13-10)16-12(21)17-4-8-7(14-5-15-8)2-9(17)11(19)20/h5-6,9H,1-4H2,(H,13,18)(H,14,15)(H,16,21)(H,19,20). The van der Waals surface area contributed by atoms with Crippen LogP contribution in [0, 0.1) is 0 Å². The number of amides is 3. The quantitative estimate of drug-likeness (QED) is 0.546. The van der Waals surface area contributed by atoms with Gasteiger partial charge in [0.15, 0.2) is 0 Å². The molecule has 9 heteroatoms. The molecule has 2 aliphatic rings. The molecule has 0 saturated carbocycles. The first kappa shape index (κ1) is 13.4. The number of carbonyl (C=O) groups is 3. The molecule has 3 rings (SSSR count). The Labute approximate surface area is 119 Å². The van der Waals surface area contributed by atoms with Crippen molar-refractivity contribution in [3.63, 3.8) is 0 Å². The molecule has 2 aliphatic heterocycles. The maximum Gasteiger partial charge on any atom is 0.326 e. The van der Waals surface area contributed by atoms with Crippen LogP contribution in [0.5, 0.6) is 0 Å². The number of carboxylic acids is 1. The average Bonchev–Trinajstić information content (AvgIpc) is 3.05. The first-order chi connectivity index (χ1) is 10.0. The summed E-state index contributed by atoms with van der Waals surface area (Å²) in [6, 6.07) is -1.74. The Morgan fingerprint density at radius 2 is 2.24 bits per heavy atom. The SMILES string of the molecule is O=C1CC(NC(=O)N2Cc3[nH]cnc3CC2C(=O)O)CN1. The molecule has 0 spiro atoms. The highest BCUT2D eigenvalue weighted by atomic mass is 16.4. The Hall–Kier alpha value is -2.58. The molecule has 0 bridgehead atoms. The van der Waals surface area contributed by atoms with Crippen LogP contribution in [0.25, 0.3) is 0 Å². The van der Waals surface area contributed by atoms with E-state index in [-0.39, 0.29) is 31.3 Å². The van der Waals surface area contributed by atoms with Gasteiger partial charge in [-0.3, -0.25) is 4.79 Å². The lowest BCUT2D eigenvalue weighted by molar-refractivity contribution is -0.142. The Kier molecular flexibility index (Phi) is 3.24. The molecule has 0 radical (unpaired) electrons. The Bertz CT molecular complexity index is 598. The minimum absolute atomic E-state index is 0.121. The van der Waals surface area contributed by atoms with Crippen LogP contribution < -0.4 is 10.6 Å². The summed E-state index contributed by atoms with van der Waals surface area (Å²) in [7, 11) is 0. The van der Waals surface area contributed by atoms with Crippen molar-refractivity contribution in [1.82, 2.24) is 25.5 Å². The summed E-state index contributed by atoms with van der Waals surface area (Å²) in [5.74, 6) is -1.19. The summed E-state index contributed by atoms with van der Waals surface area (Å²) in [5.41, 5.74) is 1.41. The number of nitrogens with zero attached hydrogens (tertiary/aromatic N) is 2. The summed E-state index contributed by atoms with van der Waals surface area (Å²) >= 11 is 0. The molecule has 1 aromatic rings. The molecule has 0 aliphatic carbocycles. The number of aromatic nitrogens is 2. The number of hydrogen-bond donors (Lipinski definition) is 4. The summed E-state index contributed by atoms with van der Waals surface area (Å²) < 4.78 is 0. The lowest BCUT2D eigenvalue weighted by Crippen LogP contribution is -2.54. The van der Waals surface area contributed by atoms with Gasteiger partial charge in [0.25, 0.3) is 0 Å². The molecule has 1 aromatic heterocycles. The molecule has 2 atom stereocenters. The Balaban J connectivity index is 1.74. The highest BCUT2D eigenvalue weighted by Crippen LogP contribution is 2.21. The molecular formula is C12H15N5O4. The molecule has 1 saturated heterocycles. The molecule has 3 amide bonds. The van der Waals surface area contributed by atoms with Crippen molar-refractivity contribution < 1.29 is 19.5 Å². The van der Waals surface area contributed by atoms with Gasteiger partial charge in [0, 0.05) is 19.4 Å². The number of carboxylic acid groups (broad SMARTS) is 1. The molecule has 1 fully saturated rings. The van der Waals surface area contributed by atoms with Gasteiger partial charge in [-0.05, 0) is 0 Å². The van der Waals surface area contributed by atoms with Crippen molar-refractivity contribution in [2.45, 2.75) is 31.5 Å². The van der Waals surface area contributed by atoms with Gasteiger partial charge in [-0.1, -0.05) is 0 Å². The first-order valence-electron chi connectivity index (χ1n) is 6.62. The van der Waals surface area contributed by atoms with Crippen LogP contribution >= 0.6 is 0 Å². The number of imidazole rings is 1. The van der Waals surface area contributed by atoms with Gasteiger partial charge in [-0.25, -0.2) is 14.6 Å². The number of hydrogen-bond acceptors (Lipinski definition) is 4. The zero-order valence-corrected chi connectivity index (χ0v) is 11.1. The monoisotopic (exact) mass is 293 g/mol. The van der Waals surface area contributed by atoms with E-state index in [0.717, 1.165) is 5.69 Å². The summed E-state index contributed by atoms with van der Waals surface area (Å²) in [6.45, 7) is 0.525. The zero-order chi connectivity index (χ0) is 15.0. The van der Waals surface area contributed by atoms with E-state index in [9.17, 15) is 19.5 Å². The highest BCUT2D eigenvalue weighted by Gasteiger charge is 2.37. The number of aromatic amines is 1. The van der Waals surface area contributed by atoms with Gasteiger partial charge in [-0.15, -0.1) is 0 Å². The van der Waals surface area contributed by atoms with Crippen LogP contribution in [-0.2, 0) is 22.6 Å².